The summed E-state index contributed by atoms with van der Waals surface area (Å²) >= 11 is 0. The van der Waals surface area contributed by atoms with Crippen molar-refractivity contribution in [1.82, 2.24) is 0 Å². The van der Waals surface area contributed by atoms with Gasteiger partial charge in [0, 0.05) is 5.92 Å². The SMILES string of the molecule is CCCC(C)C(C(C)CC)C(O)OC(C)(C1CCCCC1)C1CCCCC1. The average molecular weight is 381 g/mol. The van der Waals surface area contributed by atoms with Gasteiger partial charge in [0.1, 0.15) is 0 Å². The molecule has 2 rings (SSSR count). The maximum absolute atomic E-state index is 11.4. The molecule has 0 aromatic rings. The summed E-state index contributed by atoms with van der Waals surface area (Å²) in [7, 11) is 0. The Kier molecular flexibility index (Phi) is 9.62. The summed E-state index contributed by atoms with van der Waals surface area (Å²) in [5.41, 5.74) is -0.141. The zero-order valence-electron chi connectivity index (χ0n) is 19.0. The first kappa shape index (κ1) is 23.2. The van der Waals surface area contributed by atoms with Crippen molar-refractivity contribution in [1.29, 1.82) is 0 Å². The number of aliphatic hydroxyl groups excluding tert-OH is 1. The Hall–Kier alpha value is -0.0800. The highest BCUT2D eigenvalue weighted by Gasteiger charge is 2.46. The molecular weight excluding hydrogens is 332 g/mol. The molecule has 0 bridgehead atoms. The van der Waals surface area contributed by atoms with Crippen molar-refractivity contribution in [2.24, 2.45) is 29.6 Å². The summed E-state index contributed by atoms with van der Waals surface area (Å²) in [6.45, 7) is 11.5. The van der Waals surface area contributed by atoms with Gasteiger partial charge in [0.15, 0.2) is 6.29 Å². The minimum atomic E-state index is -0.615. The highest BCUT2D eigenvalue weighted by molar-refractivity contribution is 4.94. The lowest BCUT2D eigenvalue weighted by atomic mass is 9.67. The molecule has 2 heteroatoms. The first-order valence-corrected chi connectivity index (χ1v) is 12.3. The van der Waals surface area contributed by atoms with Crippen LogP contribution in [0.15, 0.2) is 0 Å². The summed E-state index contributed by atoms with van der Waals surface area (Å²) < 4.78 is 6.83. The van der Waals surface area contributed by atoms with Gasteiger partial charge >= 0.3 is 0 Å². The Morgan fingerprint density at radius 3 is 1.74 bits per heavy atom. The molecule has 0 heterocycles. The van der Waals surface area contributed by atoms with Gasteiger partial charge in [0.05, 0.1) is 5.60 Å². The molecule has 4 unspecified atom stereocenters. The molecule has 0 amide bonds. The third-order valence-electron chi connectivity index (χ3n) is 8.24. The molecule has 2 nitrogen and oxygen atoms in total. The van der Waals surface area contributed by atoms with E-state index in [1.54, 1.807) is 0 Å². The molecule has 0 aromatic heterocycles. The zero-order chi connectivity index (χ0) is 19.9. The highest BCUT2D eigenvalue weighted by Crippen LogP contribution is 2.46. The van der Waals surface area contributed by atoms with E-state index in [4.69, 9.17) is 4.74 Å². The van der Waals surface area contributed by atoms with Crippen LogP contribution in [0.3, 0.4) is 0 Å². The van der Waals surface area contributed by atoms with Crippen molar-refractivity contribution in [2.45, 2.75) is 130 Å². The second kappa shape index (κ2) is 11.2. The Morgan fingerprint density at radius 1 is 0.852 bits per heavy atom. The van der Waals surface area contributed by atoms with Gasteiger partial charge < -0.3 is 9.84 Å². The summed E-state index contributed by atoms with van der Waals surface area (Å²) in [6.07, 6.45) is 16.1. The molecule has 0 aliphatic heterocycles. The minimum Gasteiger partial charge on any atom is -0.368 e. The number of aliphatic hydroxyl groups is 1. The average Bonchev–Trinajstić information content (AvgIpc) is 2.69. The fourth-order valence-electron chi connectivity index (χ4n) is 6.26. The molecule has 0 saturated heterocycles. The van der Waals surface area contributed by atoms with Gasteiger partial charge in [0.25, 0.3) is 0 Å². The fraction of sp³-hybridized carbons (Fsp3) is 1.00. The van der Waals surface area contributed by atoms with Crippen molar-refractivity contribution in [2.75, 3.05) is 0 Å². The normalized spacial score (nSPS) is 25.1. The van der Waals surface area contributed by atoms with Crippen LogP contribution in [0.1, 0.15) is 118 Å². The second-order valence-corrected chi connectivity index (χ2v) is 10.1. The molecule has 0 spiro atoms. The molecule has 1 N–H and O–H groups in total. The van der Waals surface area contributed by atoms with E-state index in [0.29, 0.717) is 23.7 Å². The maximum Gasteiger partial charge on any atom is 0.158 e. The number of rotatable bonds is 10. The van der Waals surface area contributed by atoms with E-state index < -0.39 is 6.29 Å². The van der Waals surface area contributed by atoms with Crippen molar-refractivity contribution >= 4 is 0 Å². The Balaban J connectivity index is 2.20. The van der Waals surface area contributed by atoms with E-state index in [0.717, 1.165) is 6.42 Å². The minimum absolute atomic E-state index is 0.141. The summed E-state index contributed by atoms with van der Waals surface area (Å²) in [4.78, 5) is 0. The van der Waals surface area contributed by atoms with Crippen LogP contribution in [0.25, 0.3) is 0 Å². The van der Waals surface area contributed by atoms with Gasteiger partial charge in [-0.1, -0.05) is 85.5 Å². The second-order valence-electron chi connectivity index (χ2n) is 10.1. The predicted octanol–water partition coefficient (Wildman–Crippen LogP) is 7.34. The van der Waals surface area contributed by atoms with E-state index in [1.807, 2.05) is 0 Å². The molecule has 4 atom stereocenters. The van der Waals surface area contributed by atoms with Crippen molar-refractivity contribution in [3.05, 3.63) is 0 Å². The van der Waals surface area contributed by atoms with Gasteiger partial charge in [-0.25, -0.2) is 0 Å². The summed E-state index contributed by atoms with van der Waals surface area (Å²) in [5, 5.41) is 11.4. The predicted molar refractivity (Wildman–Crippen MR) is 116 cm³/mol. The number of hydrogen-bond donors (Lipinski definition) is 1. The standard InChI is InChI=1S/C25H48O2/c1-6-14-20(4)23(19(3)7-2)24(26)27-25(5,21-15-10-8-11-16-21)22-17-12-9-13-18-22/h19-24,26H,6-18H2,1-5H3. The summed E-state index contributed by atoms with van der Waals surface area (Å²) in [5.74, 6) is 2.53. The summed E-state index contributed by atoms with van der Waals surface area (Å²) in [6, 6.07) is 0. The van der Waals surface area contributed by atoms with Crippen LogP contribution in [0.4, 0.5) is 0 Å². The van der Waals surface area contributed by atoms with Crippen molar-refractivity contribution < 1.29 is 9.84 Å². The molecule has 0 aromatic carbocycles. The monoisotopic (exact) mass is 380 g/mol. The fourth-order valence-corrected chi connectivity index (χ4v) is 6.26. The third-order valence-corrected chi connectivity index (χ3v) is 8.24. The highest BCUT2D eigenvalue weighted by atomic mass is 16.6. The van der Waals surface area contributed by atoms with Gasteiger partial charge in [-0.05, 0) is 56.3 Å². The quantitative estimate of drug-likeness (QED) is 0.402. The van der Waals surface area contributed by atoms with Crippen LogP contribution in [-0.2, 0) is 4.74 Å². The number of ether oxygens (including phenoxy) is 1. The van der Waals surface area contributed by atoms with Crippen molar-refractivity contribution in [3.63, 3.8) is 0 Å². The lowest BCUT2D eigenvalue weighted by molar-refractivity contribution is -0.257. The molecule has 160 valence electrons. The molecule has 27 heavy (non-hydrogen) atoms. The van der Waals surface area contributed by atoms with Crippen LogP contribution < -0.4 is 0 Å². The van der Waals surface area contributed by atoms with E-state index in [2.05, 4.69) is 34.6 Å². The molecular formula is C25H48O2. The van der Waals surface area contributed by atoms with Crippen LogP contribution in [0.5, 0.6) is 0 Å². The maximum atomic E-state index is 11.4. The van der Waals surface area contributed by atoms with Gasteiger partial charge in [-0.15, -0.1) is 0 Å². The van der Waals surface area contributed by atoms with E-state index in [-0.39, 0.29) is 11.5 Å². The van der Waals surface area contributed by atoms with E-state index >= 15 is 0 Å². The van der Waals surface area contributed by atoms with Gasteiger partial charge in [0.2, 0.25) is 0 Å². The largest absolute Gasteiger partial charge is 0.368 e. The zero-order valence-corrected chi connectivity index (χ0v) is 19.0. The Labute approximate surface area is 169 Å². The molecule has 0 radical (unpaired) electrons. The first-order chi connectivity index (χ1) is 12.9. The van der Waals surface area contributed by atoms with Gasteiger partial charge in [-0.3, -0.25) is 0 Å². The van der Waals surface area contributed by atoms with Crippen LogP contribution >= 0.6 is 0 Å². The topological polar surface area (TPSA) is 29.5 Å². The number of hydrogen-bond acceptors (Lipinski definition) is 2. The van der Waals surface area contributed by atoms with E-state index in [9.17, 15) is 5.11 Å². The van der Waals surface area contributed by atoms with Crippen LogP contribution in [-0.4, -0.2) is 17.0 Å². The van der Waals surface area contributed by atoms with E-state index in [1.165, 1.54) is 77.0 Å². The Bertz CT molecular complexity index is 377. The van der Waals surface area contributed by atoms with Crippen LogP contribution in [0.2, 0.25) is 0 Å². The third kappa shape index (κ3) is 5.95. The molecule has 2 aliphatic carbocycles. The lowest BCUT2D eigenvalue weighted by Crippen LogP contribution is -2.51. The molecule has 2 aliphatic rings. The van der Waals surface area contributed by atoms with Crippen molar-refractivity contribution in [3.8, 4) is 0 Å². The molecule has 2 fully saturated rings. The molecule has 2 saturated carbocycles. The smallest absolute Gasteiger partial charge is 0.158 e. The lowest BCUT2D eigenvalue weighted by Gasteiger charge is -2.49. The first-order valence-electron chi connectivity index (χ1n) is 12.3. The van der Waals surface area contributed by atoms with Gasteiger partial charge in [-0.2, -0.15) is 0 Å². The Morgan fingerprint density at radius 2 is 1.33 bits per heavy atom. The van der Waals surface area contributed by atoms with Crippen LogP contribution in [0, 0.1) is 29.6 Å².